The number of hydrogen-bond acceptors (Lipinski definition) is 5. The highest BCUT2D eigenvalue weighted by Gasteiger charge is 2.21. The van der Waals surface area contributed by atoms with Crippen LogP contribution in [0.2, 0.25) is 0 Å². The lowest BCUT2D eigenvalue weighted by molar-refractivity contribution is -0.122. The fourth-order valence-electron chi connectivity index (χ4n) is 3.19. The Morgan fingerprint density at radius 1 is 1.44 bits per heavy atom. The number of aryl methyl sites for hydroxylation is 1. The Balaban J connectivity index is 1.67. The molecule has 134 valence electrons. The smallest absolute Gasteiger partial charge is 0.222 e. The van der Waals surface area contributed by atoms with Gasteiger partial charge in [0.15, 0.2) is 0 Å². The molecule has 6 heteroatoms. The van der Waals surface area contributed by atoms with Gasteiger partial charge < -0.3 is 15.4 Å². The quantitative estimate of drug-likeness (QED) is 0.829. The van der Waals surface area contributed by atoms with Crippen molar-refractivity contribution in [1.82, 2.24) is 15.6 Å². The van der Waals surface area contributed by atoms with Gasteiger partial charge in [-0.05, 0) is 57.5 Å². The van der Waals surface area contributed by atoms with Crippen molar-refractivity contribution in [3.05, 3.63) is 34.8 Å². The van der Waals surface area contributed by atoms with E-state index in [-0.39, 0.29) is 11.9 Å². The van der Waals surface area contributed by atoms with Gasteiger partial charge >= 0.3 is 0 Å². The van der Waals surface area contributed by atoms with Crippen LogP contribution in [0.1, 0.15) is 42.8 Å². The molecule has 0 bridgehead atoms. The number of hydrogen-bond donors (Lipinski definition) is 2. The molecule has 2 heterocycles. The molecule has 1 aliphatic rings. The predicted octanol–water partition coefficient (Wildman–Crippen LogP) is 3.45. The van der Waals surface area contributed by atoms with Crippen LogP contribution in [0.5, 0.6) is 5.75 Å². The largest absolute Gasteiger partial charge is 0.497 e. The number of amides is 1. The summed E-state index contributed by atoms with van der Waals surface area (Å²) < 4.78 is 5.20. The molecular weight excluding hydrogens is 334 g/mol. The molecule has 0 radical (unpaired) electrons. The molecule has 25 heavy (non-hydrogen) atoms. The average molecular weight is 359 g/mol. The lowest BCUT2D eigenvalue weighted by atomic mass is 10.1. The molecule has 2 unspecified atom stereocenters. The molecule has 0 saturated carbocycles. The van der Waals surface area contributed by atoms with Crippen LogP contribution < -0.4 is 15.4 Å². The summed E-state index contributed by atoms with van der Waals surface area (Å²) in [7, 11) is 1.66. The average Bonchev–Trinajstić information content (AvgIpc) is 3.24. The summed E-state index contributed by atoms with van der Waals surface area (Å²) >= 11 is 1.64. The highest BCUT2D eigenvalue weighted by molar-refractivity contribution is 7.15. The maximum Gasteiger partial charge on any atom is 0.222 e. The van der Waals surface area contributed by atoms with Gasteiger partial charge in [0.25, 0.3) is 0 Å². The third-order valence-electron chi connectivity index (χ3n) is 4.53. The van der Waals surface area contributed by atoms with E-state index in [0.717, 1.165) is 46.3 Å². The van der Waals surface area contributed by atoms with Gasteiger partial charge in [0.1, 0.15) is 10.8 Å². The molecule has 1 aromatic carbocycles. The summed E-state index contributed by atoms with van der Waals surface area (Å²) in [6, 6.07) is 8.19. The maximum absolute atomic E-state index is 12.3. The summed E-state index contributed by atoms with van der Waals surface area (Å²) in [5.74, 6) is 0.934. The molecule has 5 nitrogen and oxygen atoms in total. The van der Waals surface area contributed by atoms with E-state index in [2.05, 4.69) is 15.6 Å². The van der Waals surface area contributed by atoms with Crippen molar-refractivity contribution in [2.45, 2.75) is 45.2 Å². The third kappa shape index (κ3) is 4.38. The van der Waals surface area contributed by atoms with Crippen LogP contribution in [0.15, 0.2) is 24.3 Å². The molecule has 0 spiro atoms. The van der Waals surface area contributed by atoms with Crippen LogP contribution in [0.4, 0.5) is 0 Å². The number of benzene rings is 1. The Kier molecular flexibility index (Phi) is 5.71. The number of carbonyl (C=O) groups excluding carboxylic acids is 1. The van der Waals surface area contributed by atoms with Crippen molar-refractivity contribution in [1.29, 1.82) is 0 Å². The molecule has 2 N–H and O–H groups in total. The van der Waals surface area contributed by atoms with E-state index < -0.39 is 0 Å². The van der Waals surface area contributed by atoms with Crippen molar-refractivity contribution in [2.75, 3.05) is 13.7 Å². The Bertz CT molecular complexity index is 721. The second-order valence-electron chi connectivity index (χ2n) is 6.48. The summed E-state index contributed by atoms with van der Waals surface area (Å²) in [5.41, 5.74) is 2.04. The van der Waals surface area contributed by atoms with Gasteiger partial charge in [0.05, 0.1) is 23.7 Å². The van der Waals surface area contributed by atoms with E-state index in [1.165, 1.54) is 0 Å². The molecule has 1 aliphatic heterocycles. The van der Waals surface area contributed by atoms with Crippen LogP contribution in [0, 0.1) is 6.92 Å². The molecule has 1 amide bonds. The van der Waals surface area contributed by atoms with Crippen molar-refractivity contribution >= 4 is 17.2 Å². The molecular formula is C19H25N3O2S. The van der Waals surface area contributed by atoms with Crippen LogP contribution in [-0.2, 0) is 4.79 Å². The highest BCUT2D eigenvalue weighted by Crippen LogP contribution is 2.32. The summed E-state index contributed by atoms with van der Waals surface area (Å²) in [6.07, 6.45) is 2.79. The summed E-state index contributed by atoms with van der Waals surface area (Å²) in [4.78, 5) is 18.1. The van der Waals surface area contributed by atoms with E-state index in [0.29, 0.717) is 12.5 Å². The first-order chi connectivity index (χ1) is 12.1. The van der Waals surface area contributed by atoms with Crippen molar-refractivity contribution in [3.63, 3.8) is 0 Å². The van der Waals surface area contributed by atoms with E-state index >= 15 is 0 Å². The van der Waals surface area contributed by atoms with Crippen molar-refractivity contribution < 1.29 is 9.53 Å². The molecule has 1 aromatic heterocycles. The minimum atomic E-state index is -0.0293. The Morgan fingerprint density at radius 2 is 2.20 bits per heavy atom. The van der Waals surface area contributed by atoms with Gasteiger partial charge in [0.2, 0.25) is 5.91 Å². The summed E-state index contributed by atoms with van der Waals surface area (Å²) in [5, 5.41) is 7.45. The second kappa shape index (κ2) is 7.97. The minimum Gasteiger partial charge on any atom is -0.497 e. The van der Waals surface area contributed by atoms with E-state index in [1.54, 1.807) is 18.4 Å². The number of thiazole rings is 1. The van der Waals surface area contributed by atoms with Crippen LogP contribution in [0.3, 0.4) is 0 Å². The molecule has 2 atom stereocenters. The third-order valence-corrected chi connectivity index (χ3v) is 5.92. The van der Waals surface area contributed by atoms with E-state index in [1.807, 2.05) is 38.1 Å². The maximum atomic E-state index is 12.3. The lowest BCUT2D eigenvalue weighted by Gasteiger charge is -2.15. The fourth-order valence-corrected chi connectivity index (χ4v) is 4.26. The molecule has 2 aromatic rings. The number of carbonyl (C=O) groups is 1. The first-order valence-electron chi connectivity index (χ1n) is 8.71. The second-order valence-corrected chi connectivity index (χ2v) is 7.51. The monoisotopic (exact) mass is 359 g/mol. The standard InChI is InChI=1S/C19H25N3O2S/c1-12(21-17(23)11-15-5-4-10-20-15)18-13(2)22-19(25-18)14-6-8-16(24-3)9-7-14/h6-9,12,15,20H,4-5,10-11H2,1-3H3,(H,21,23). The van der Waals surface area contributed by atoms with Crippen molar-refractivity contribution in [3.8, 4) is 16.3 Å². The van der Waals surface area contributed by atoms with Gasteiger partial charge in [0, 0.05) is 18.0 Å². The van der Waals surface area contributed by atoms with Crippen LogP contribution in [-0.4, -0.2) is 30.6 Å². The van der Waals surface area contributed by atoms with Gasteiger partial charge in [-0.15, -0.1) is 11.3 Å². The Morgan fingerprint density at radius 3 is 2.84 bits per heavy atom. The molecule has 1 saturated heterocycles. The molecule has 1 fully saturated rings. The lowest BCUT2D eigenvalue weighted by Crippen LogP contribution is -2.33. The number of nitrogens with zero attached hydrogens (tertiary/aromatic N) is 1. The Labute approximate surface area is 152 Å². The normalized spacial score (nSPS) is 18.1. The Hall–Kier alpha value is -1.92. The number of rotatable bonds is 6. The fraction of sp³-hybridized carbons (Fsp3) is 0.474. The number of aromatic nitrogens is 1. The highest BCUT2D eigenvalue weighted by atomic mass is 32.1. The zero-order valence-electron chi connectivity index (χ0n) is 15.0. The predicted molar refractivity (Wildman–Crippen MR) is 101 cm³/mol. The van der Waals surface area contributed by atoms with Crippen molar-refractivity contribution in [2.24, 2.45) is 0 Å². The first kappa shape index (κ1) is 17.9. The van der Waals surface area contributed by atoms with Gasteiger partial charge in [-0.2, -0.15) is 0 Å². The number of methoxy groups -OCH3 is 1. The van der Waals surface area contributed by atoms with Gasteiger partial charge in [-0.1, -0.05) is 0 Å². The zero-order chi connectivity index (χ0) is 17.8. The van der Waals surface area contributed by atoms with E-state index in [9.17, 15) is 4.79 Å². The number of nitrogens with one attached hydrogen (secondary N) is 2. The first-order valence-corrected chi connectivity index (χ1v) is 9.53. The van der Waals surface area contributed by atoms with Crippen LogP contribution >= 0.6 is 11.3 Å². The van der Waals surface area contributed by atoms with Gasteiger partial charge in [-0.3, -0.25) is 4.79 Å². The van der Waals surface area contributed by atoms with E-state index in [4.69, 9.17) is 4.74 Å². The molecule has 3 rings (SSSR count). The summed E-state index contributed by atoms with van der Waals surface area (Å²) in [6.45, 7) is 5.05. The number of ether oxygens (including phenoxy) is 1. The minimum absolute atomic E-state index is 0.0293. The molecule has 0 aliphatic carbocycles. The van der Waals surface area contributed by atoms with Gasteiger partial charge in [-0.25, -0.2) is 4.98 Å². The van der Waals surface area contributed by atoms with Crippen LogP contribution in [0.25, 0.3) is 10.6 Å². The SMILES string of the molecule is COc1ccc(-c2nc(C)c(C(C)NC(=O)CC3CCCN3)s2)cc1. The topological polar surface area (TPSA) is 63.2 Å². The zero-order valence-corrected chi connectivity index (χ0v) is 15.8.